The molecule has 3 saturated heterocycles. The Morgan fingerprint density at radius 3 is 2.43 bits per heavy atom. The van der Waals surface area contributed by atoms with Gasteiger partial charge in [0.25, 0.3) is 5.56 Å². The lowest BCUT2D eigenvalue weighted by Crippen LogP contribution is -2.33. The van der Waals surface area contributed by atoms with E-state index in [-0.39, 0.29) is 35.8 Å². The van der Waals surface area contributed by atoms with Crippen LogP contribution in [-0.2, 0) is 36.7 Å². The van der Waals surface area contributed by atoms with Crippen molar-refractivity contribution < 1.29 is 41.1 Å². The average molecular weight is 692 g/mol. The van der Waals surface area contributed by atoms with Crippen molar-refractivity contribution in [2.75, 3.05) is 24.7 Å². The van der Waals surface area contributed by atoms with E-state index in [2.05, 4.69) is 49.4 Å². The molecule has 9 atom stereocenters. The number of hydrogen-bond donors (Lipinski definition) is 5. The number of pyridine rings is 1. The number of aromatic nitrogens is 7. The Bertz CT molecular complexity index is 1910. The Labute approximate surface area is 256 Å². The molecule has 0 radical (unpaired) electrons. The molecule has 0 aromatic carbocycles. The second-order valence-electron chi connectivity index (χ2n) is 10.1. The molecule has 7 heterocycles. The van der Waals surface area contributed by atoms with Crippen LogP contribution in [0, 0.1) is 0 Å². The van der Waals surface area contributed by atoms with E-state index < -0.39 is 68.8 Å². The van der Waals surface area contributed by atoms with Crippen molar-refractivity contribution in [3.8, 4) is 0 Å². The fourth-order valence-electron chi connectivity index (χ4n) is 5.34. The van der Waals surface area contributed by atoms with E-state index in [0.29, 0.717) is 11.2 Å². The van der Waals surface area contributed by atoms with Gasteiger partial charge in [0.1, 0.15) is 23.8 Å². The SMILES string of the molecule is Nc1nc2c(ncn2[C@@H]2O[C@@H]3CO[P@@](=O)(S)OC4[C@@H](CO[P@@](=O)(S)O[C@H]2C3)O[C@@H](n2cnc3c(N)ccnc32)[C@H]4F)c(=O)[nH]1. The fourth-order valence-corrected chi connectivity index (χ4v) is 8.33. The van der Waals surface area contributed by atoms with E-state index in [9.17, 15) is 13.9 Å². The summed E-state index contributed by atoms with van der Waals surface area (Å²) in [6.45, 7) is -9.39. The minimum absolute atomic E-state index is 0.0301. The monoisotopic (exact) mass is 691 g/mol. The zero-order chi connectivity index (χ0) is 31.0. The summed E-state index contributed by atoms with van der Waals surface area (Å²) in [5.74, 6) is -0.170. The molecule has 18 nitrogen and oxygen atoms in total. The van der Waals surface area contributed by atoms with Crippen LogP contribution in [0.5, 0.6) is 0 Å². The van der Waals surface area contributed by atoms with Gasteiger partial charge >= 0.3 is 13.6 Å². The Hall–Kier alpha value is -2.58. The molecule has 3 aliphatic heterocycles. The van der Waals surface area contributed by atoms with Crippen LogP contribution in [0.3, 0.4) is 0 Å². The first-order chi connectivity index (χ1) is 20.9. The number of nitrogen functional groups attached to an aromatic ring is 2. The van der Waals surface area contributed by atoms with Gasteiger partial charge in [0.15, 0.2) is 35.4 Å². The van der Waals surface area contributed by atoms with Gasteiger partial charge in [-0.25, -0.2) is 28.5 Å². The Morgan fingerprint density at radius 2 is 1.64 bits per heavy atom. The molecule has 4 aromatic rings. The van der Waals surface area contributed by atoms with Gasteiger partial charge in [-0.1, -0.05) is 24.5 Å². The zero-order valence-corrected chi connectivity index (χ0v) is 25.7. The normalized spacial score (nSPS) is 36.6. The van der Waals surface area contributed by atoms with Gasteiger partial charge in [-0.05, 0) is 6.07 Å². The standard InChI is InChI=1S/C21H24FN9O9P2S2/c22-12-15-11(38-20(12)30-6-26-13-9(23)1-2-25-16(13)30)5-36-41(33,43)39-10-3-8(4-35-42(34,44)40-15)37-19(10)31-7-27-14-17(31)28-21(24)29-18(14)32/h1-2,6-8,10-12,15,19-20H,3-5H2,(H2,23,25)(H,33,43)(H,34,44)(H3,24,28,29,32)/t8-,10-,11+,12-,15?,19+,20+,41+,42+/m0/s1. The Balaban J connectivity index is 1.19. The van der Waals surface area contributed by atoms with Crippen LogP contribution in [0.2, 0.25) is 0 Å². The first-order valence-electron chi connectivity index (χ1n) is 12.9. The van der Waals surface area contributed by atoms with Gasteiger partial charge in [-0.15, -0.1) is 0 Å². The number of ether oxygens (including phenoxy) is 2. The maximum Gasteiger partial charge on any atom is 0.386 e. The molecule has 4 aromatic heterocycles. The Morgan fingerprint density at radius 1 is 0.932 bits per heavy atom. The highest BCUT2D eigenvalue weighted by Gasteiger charge is 2.52. The number of aromatic amines is 1. The van der Waals surface area contributed by atoms with E-state index >= 15 is 4.39 Å². The first kappa shape index (κ1) is 30.1. The number of alkyl halides is 1. The number of thiol groups is 2. The number of H-pyrrole nitrogens is 1. The Kier molecular flexibility index (Phi) is 7.55. The van der Waals surface area contributed by atoms with Crippen LogP contribution in [-0.4, -0.2) is 77.9 Å². The summed E-state index contributed by atoms with van der Waals surface area (Å²) in [4.78, 5) is 31.2. The van der Waals surface area contributed by atoms with Crippen molar-refractivity contribution >= 4 is 72.1 Å². The van der Waals surface area contributed by atoms with E-state index in [1.807, 2.05) is 0 Å². The molecule has 5 N–H and O–H groups in total. The molecule has 3 fully saturated rings. The van der Waals surface area contributed by atoms with Crippen LogP contribution in [0.15, 0.2) is 29.7 Å². The average Bonchev–Trinajstić information content (AvgIpc) is 3.72. The highest BCUT2D eigenvalue weighted by Crippen LogP contribution is 2.60. The van der Waals surface area contributed by atoms with Crippen molar-refractivity contribution in [1.82, 2.24) is 34.1 Å². The van der Waals surface area contributed by atoms with Crippen molar-refractivity contribution in [2.24, 2.45) is 0 Å². The number of halogens is 1. The highest BCUT2D eigenvalue weighted by molar-refractivity contribution is 8.44. The van der Waals surface area contributed by atoms with Crippen LogP contribution < -0.4 is 17.0 Å². The largest absolute Gasteiger partial charge is 0.397 e. The molecule has 7 rings (SSSR count). The van der Waals surface area contributed by atoms with Gasteiger partial charge in [0.05, 0.1) is 37.7 Å². The van der Waals surface area contributed by atoms with Gasteiger partial charge in [0, 0.05) is 12.6 Å². The molecular formula is C21H24FN9O9P2S2. The van der Waals surface area contributed by atoms with Crippen molar-refractivity contribution in [3.05, 3.63) is 35.3 Å². The van der Waals surface area contributed by atoms with Crippen LogP contribution in [0.25, 0.3) is 22.3 Å². The van der Waals surface area contributed by atoms with Crippen molar-refractivity contribution in [3.63, 3.8) is 0 Å². The smallest absolute Gasteiger partial charge is 0.386 e. The van der Waals surface area contributed by atoms with Crippen LogP contribution >= 0.6 is 38.1 Å². The molecule has 2 bridgehead atoms. The molecule has 0 amide bonds. The minimum atomic E-state index is -4.26. The summed E-state index contributed by atoms with van der Waals surface area (Å²) >= 11 is 8.17. The van der Waals surface area contributed by atoms with Gasteiger partial charge in [-0.3, -0.25) is 37.0 Å². The predicted molar refractivity (Wildman–Crippen MR) is 157 cm³/mol. The molecule has 236 valence electrons. The minimum Gasteiger partial charge on any atom is -0.397 e. The number of rotatable bonds is 2. The number of nitrogens with zero attached hydrogens (tertiary/aromatic N) is 6. The maximum atomic E-state index is 16.0. The van der Waals surface area contributed by atoms with Crippen LogP contribution in [0.1, 0.15) is 18.9 Å². The molecule has 1 unspecified atom stereocenters. The number of hydrogen-bond acceptors (Lipinski definition) is 15. The van der Waals surface area contributed by atoms with Gasteiger partial charge in [-0.2, -0.15) is 4.98 Å². The molecule has 0 aliphatic carbocycles. The quantitative estimate of drug-likeness (QED) is 0.150. The lowest BCUT2D eigenvalue weighted by molar-refractivity contribution is -0.0561. The van der Waals surface area contributed by atoms with E-state index in [4.69, 9.17) is 39.0 Å². The zero-order valence-electron chi connectivity index (χ0n) is 22.2. The third kappa shape index (κ3) is 5.44. The van der Waals surface area contributed by atoms with Crippen LogP contribution in [0.4, 0.5) is 16.0 Å². The fraction of sp³-hybridized carbons (Fsp3) is 0.476. The first-order valence-corrected chi connectivity index (χ1v) is 18.3. The van der Waals surface area contributed by atoms with Crippen molar-refractivity contribution in [2.45, 2.75) is 49.5 Å². The van der Waals surface area contributed by atoms with Crippen molar-refractivity contribution in [1.29, 1.82) is 0 Å². The molecule has 0 saturated carbocycles. The summed E-state index contributed by atoms with van der Waals surface area (Å²) in [5, 5.41) is 0. The number of fused-ring (bicyclic) bond motifs is 5. The second kappa shape index (κ2) is 11.0. The molecular weight excluding hydrogens is 667 g/mol. The lowest BCUT2D eigenvalue weighted by atomic mass is 10.1. The number of anilines is 2. The highest BCUT2D eigenvalue weighted by atomic mass is 32.7. The summed E-state index contributed by atoms with van der Waals surface area (Å²) in [6.07, 6.45) is -5.10. The lowest BCUT2D eigenvalue weighted by Gasteiger charge is -2.26. The number of imidazole rings is 2. The molecule has 3 aliphatic rings. The second-order valence-corrected chi connectivity index (χ2v) is 15.9. The maximum absolute atomic E-state index is 16.0. The third-order valence-electron chi connectivity index (χ3n) is 7.25. The number of nitrogens with one attached hydrogen (secondary N) is 1. The summed E-state index contributed by atoms with van der Waals surface area (Å²) in [6, 6.07) is 1.54. The molecule has 0 spiro atoms. The van der Waals surface area contributed by atoms with Gasteiger partial charge in [0.2, 0.25) is 5.95 Å². The summed E-state index contributed by atoms with van der Waals surface area (Å²) < 4.78 is 79.8. The summed E-state index contributed by atoms with van der Waals surface area (Å²) in [7, 11) is 0. The number of nitrogens with two attached hydrogens (primary N) is 2. The van der Waals surface area contributed by atoms with Gasteiger partial charge < -0.3 is 20.9 Å². The van der Waals surface area contributed by atoms with E-state index in [1.54, 1.807) is 0 Å². The predicted octanol–water partition coefficient (Wildman–Crippen LogP) is 2.14. The topological polar surface area (TPSA) is 236 Å². The summed E-state index contributed by atoms with van der Waals surface area (Å²) in [5.41, 5.74) is 12.0. The third-order valence-corrected chi connectivity index (χ3v) is 10.5. The van der Waals surface area contributed by atoms with E-state index in [0.717, 1.165) is 0 Å². The molecule has 23 heteroatoms. The molecule has 44 heavy (non-hydrogen) atoms. The van der Waals surface area contributed by atoms with E-state index in [1.165, 1.54) is 34.1 Å².